The van der Waals surface area contributed by atoms with Crippen molar-refractivity contribution in [2.24, 2.45) is 0 Å². The molecule has 1 unspecified atom stereocenters. The molecule has 156 valence electrons. The van der Waals surface area contributed by atoms with Crippen molar-refractivity contribution in [1.29, 1.82) is 0 Å². The lowest BCUT2D eigenvalue weighted by Crippen LogP contribution is -2.44. The third-order valence-corrected chi connectivity index (χ3v) is 4.71. The third-order valence-electron chi connectivity index (χ3n) is 4.71. The van der Waals surface area contributed by atoms with Crippen molar-refractivity contribution in [3.05, 3.63) is 64.3 Å². The van der Waals surface area contributed by atoms with E-state index in [0.29, 0.717) is 30.4 Å². The van der Waals surface area contributed by atoms with Crippen LogP contribution >= 0.6 is 0 Å². The lowest BCUT2D eigenvalue weighted by Gasteiger charge is -2.32. The van der Waals surface area contributed by atoms with Gasteiger partial charge < -0.3 is 14.1 Å². The maximum Gasteiger partial charge on any atom is 0.433 e. The van der Waals surface area contributed by atoms with Crippen molar-refractivity contribution in [3.63, 3.8) is 0 Å². The van der Waals surface area contributed by atoms with Crippen LogP contribution in [0.3, 0.4) is 0 Å². The number of para-hydroxylation sites is 1. The maximum atomic E-state index is 12.8. The van der Waals surface area contributed by atoms with Crippen molar-refractivity contribution >= 4 is 16.9 Å². The van der Waals surface area contributed by atoms with E-state index in [9.17, 15) is 22.8 Å². The number of ether oxygens (including phenoxy) is 1. The number of carbonyl (C=O) groups excluding carboxylic acids is 1. The molecule has 1 aliphatic heterocycles. The molecule has 0 aliphatic carbocycles. The van der Waals surface area contributed by atoms with E-state index in [1.54, 1.807) is 24.3 Å². The second-order valence-electron chi connectivity index (χ2n) is 6.83. The molecule has 1 saturated heterocycles. The lowest BCUT2D eigenvalue weighted by atomic mass is 10.1. The summed E-state index contributed by atoms with van der Waals surface area (Å²) in [4.78, 5) is 33.6. The monoisotopic (exact) mass is 419 g/mol. The Balaban J connectivity index is 1.50. The molecule has 3 heterocycles. The van der Waals surface area contributed by atoms with Gasteiger partial charge in [-0.05, 0) is 31.0 Å². The van der Waals surface area contributed by atoms with Gasteiger partial charge in [0.05, 0.1) is 11.9 Å². The molecule has 0 spiro atoms. The molecular weight excluding hydrogens is 403 g/mol. The number of hydrogen-bond acceptors (Lipinski definition) is 6. The molecule has 4 rings (SSSR count). The summed E-state index contributed by atoms with van der Waals surface area (Å²) in [6.07, 6.45) is -3.14. The van der Waals surface area contributed by atoms with Crippen molar-refractivity contribution in [2.75, 3.05) is 13.1 Å². The van der Waals surface area contributed by atoms with Crippen molar-refractivity contribution in [2.45, 2.75) is 25.1 Å². The molecular formula is C20H16F3N3O4. The van der Waals surface area contributed by atoms with Crippen LogP contribution in [-0.4, -0.2) is 40.0 Å². The first-order valence-corrected chi connectivity index (χ1v) is 9.20. The van der Waals surface area contributed by atoms with Crippen LogP contribution in [0.4, 0.5) is 13.2 Å². The average Bonchev–Trinajstić information content (AvgIpc) is 2.73. The Kier molecular flexibility index (Phi) is 5.15. The predicted molar refractivity (Wildman–Crippen MR) is 99.1 cm³/mol. The van der Waals surface area contributed by atoms with Gasteiger partial charge >= 0.3 is 12.2 Å². The summed E-state index contributed by atoms with van der Waals surface area (Å²) in [7, 11) is 0. The van der Waals surface area contributed by atoms with Crippen LogP contribution < -0.4 is 10.2 Å². The summed E-state index contributed by atoms with van der Waals surface area (Å²) in [5.74, 6) is -0.592. The number of carbonyl (C=O) groups is 1. The van der Waals surface area contributed by atoms with E-state index >= 15 is 0 Å². The topological polar surface area (TPSA) is 85.5 Å². The van der Waals surface area contributed by atoms with E-state index in [4.69, 9.17) is 9.15 Å². The number of nitrogens with zero attached hydrogens (tertiary/aromatic N) is 3. The van der Waals surface area contributed by atoms with Crippen LogP contribution in [-0.2, 0) is 6.18 Å². The molecule has 7 nitrogen and oxygen atoms in total. The van der Waals surface area contributed by atoms with Crippen LogP contribution in [0, 0.1) is 0 Å². The zero-order chi connectivity index (χ0) is 21.3. The van der Waals surface area contributed by atoms with E-state index < -0.39 is 29.9 Å². The van der Waals surface area contributed by atoms with Crippen molar-refractivity contribution in [3.8, 4) is 6.01 Å². The molecule has 1 amide bonds. The van der Waals surface area contributed by atoms with Crippen molar-refractivity contribution in [1.82, 2.24) is 14.9 Å². The Morgan fingerprint density at radius 1 is 1.23 bits per heavy atom. The molecule has 1 aliphatic rings. The lowest BCUT2D eigenvalue weighted by molar-refractivity contribution is -0.141. The standard InChI is InChI=1S/C20H16F3N3O4/c21-20(22,23)17-7-8-24-19(25-17)29-12-4-3-9-26(11-12)18(28)16-10-14(27)13-5-1-2-6-15(13)30-16/h1-2,5-8,10,12H,3-4,9,11H2. The summed E-state index contributed by atoms with van der Waals surface area (Å²) in [6, 6.07) is 8.09. The van der Waals surface area contributed by atoms with Gasteiger partial charge in [0.1, 0.15) is 11.7 Å². The largest absolute Gasteiger partial charge is 0.458 e. The van der Waals surface area contributed by atoms with Gasteiger partial charge in [-0.2, -0.15) is 18.2 Å². The van der Waals surface area contributed by atoms with Gasteiger partial charge in [0.15, 0.2) is 16.9 Å². The van der Waals surface area contributed by atoms with E-state index in [0.717, 1.165) is 18.3 Å². The molecule has 1 aromatic carbocycles. The summed E-state index contributed by atoms with van der Waals surface area (Å²) < 4.78 is 49.5. The van der Waals surface area contributed by atoms with Gasteiger partial charge in [0, 0.05) is 18.8 Å². The van der Waals surface area contributed by atoms with Crippen LogP contribution in [0.1, 0.15) is 29.1 Å². The summed E-state index contributed by atoms with van der Waals surface area (Å²) in [5, 5.41) is 0.371. The Morgan fingerprint density at radius 3 is 2.83 bits per heavy atom. The van der Waals surface area contributed by atoms with E-state index in [1.807, 2.05) is 0 Å². The first-order valence-electron chi connectivity index (χ1n) is 9.20. The van der Waals surface area contributed by atoms with Gasteiger partial charge in [-0.3, -0.25) is 9.59 Å². The number of likely N-dealkylation sites (tertiary alicyclic amines) is 1. The van der Waals surface area contributed by atoms with Gasteiger partial charge in [0.2, 0.25) is 0 Å². The normalized spacial score (nSPS) is 17.2. The highest BCUT2D eigenvalue weighted by atomic mass is 19.4. The molecule has 2 aromatic heterocycles. The van der Waals surface area contributed by atoms with Crippen molar-refractivity contribution < 1.29 is 27.1 Å². The second-order valence-corrected chi connectivity index (χ2v) is 6.83. The first kappa shape index (κ1) is 19.9. The summed E-state index contributed by atoms with van der Waals surface area (Å²) >= 11 is 0. The number of piperidine rings is 1. The fraction of sp³-hybridized carbons (Fsp3) is 0.300. The molecule has 30 heavy (non-hydrogen) atoms. The zero-order valence-electron chi connectivity index (χ0n) is 15.6. The number of aromatic nitrogens is 2. The van der Waals surface area contributed by atoms with Gasteiger partial charge in [0.25, 0.3) is 5.91 Å². The number of rotatable bonds is 3. The van der Waals surface area contributed by atoms with Gasteiger partial charge in [-0.1, -0.05) is 12.1 Å². The van der Waals surface area contributed by atoms with Gasteiger partial charge in [-0.25, -0.2) is 4.98 Å². The summed E-state index contributed by atoms with van der Waals surface area (Å²) in [6.45, 7) is 0.508. The highest BCUT2D eigenvalue weighted by Gasteiger charge is 2.34. The first-order chi connectivity index (χ1) is 14.3. The quantitative estimate of drug-likeness (QED) is 0.648. The molecule has 0 bridgehead atoms. The van der Waals surface area contributed by atoms with Crippen LogP contribution in [0.15, 0.2) is 51.8 Å². The number of halogens is 3. The Morgan fingerprint density at radius 2 is 2.03 bits per heavy atom. The van der Waals surface area contributed by atoms with Gasteiger partial charge in [-0.15, -0.1) is 0 Å². The minimum Gasteiger partial charge on any atom is -0.458 e. The fourth-order valence-corrected chi connectivity index (χ4v) is 3.29. The van der Waals surface area contributed by atoms with Crippen LogP contribution in [0.2, 0.25) is 0 Å². The second kappa shape index (κ2) is 7.77. The number of hydrogen-bond donors (Lipinski definition) is 0. The fourth-order valence-electron chi connectivity index (χ4n) is 3.29. The average molecular weight is 419 g/mol. The minimum absolute atomic E-state index is 0.102. The SMILES string of the molecule is O=C(c1cc(=O)c2ccccc2o1)N1CCCC(Oc2nccc(C(F)(F)F)n2)C1. The summed E-state index contributed by atoms with van der Waals surface area (Å²) in [5.41, 5.74) is -1.13. The number of amides is 1. The van der Waals surface area contributed by atoms with E-state index in [1.165, 1.54) is 4.90 Å². The van der Waals surface area contributed by atoms with Crippen LogP contribution in [0.25, 0.3) is 11.0 Å². The Bertz CT molecular complexity index is 1150. The van der Waals surface area contributed by atoms with E-state index in [-0.39, 0.29) is 17.7 Å². The molecule has 0 N–H and O–H groups in total. The highest BCUT2D eigenvalue weighted by Crippen LogP contribution is 2.28. The number of benzene rings is 1. The smallest absolute Gasteiger partial charge is 0.433 e. The molecule has 0 radical (unpaired) electrons. The molecule has 1 atom stereocenters. The van der Waals surface area contributed by atoms with Crippen LogP contribution in [0.5, 0.6) is 6.01 Å². The molecule has 10 heteroatoms. The highest BCUT2D eigenvalue weighted by molar-refractivity contribution is 5.93. The third kappa shape index (κ3) is 4.12. The maximum absolute atomic E-state index is 12.8. The predicted octanol–water partition coefficient (Wildman–Crippen LogP) is 3.29. The minimum atomic E-state index is -4.61. The molecule has 1 fully saturated rings. The molecule has 0 saturated carbocycles. The number of alkyl halides is 3. The number of fused-ring (bicyclic) bond motifs is 1. The Labute approximate surface area is 168 Å². The van der Waals surface area contributed by atoms with E-state index in [2.05, 4.69) is 9.97 Å². The zero-order valence-corrected chi connectivity index (χ0v) is 15.6. The Hall–Kier alpha value is -3.43. The molecule has 3 aromatic rings.